The number of carbonyl (C=O) groups is 1. The smallest absolute Gasteiger partial charge is 0.258 e. The Bertz CT molecular complexity index is 1470. The quantitative estimate of drug-likeness (QED) is 0.418. The Morgan fingerprint density at radius 2 is 1.85 bits per heavy atom. The van der Waals surface area contributed by atoms with Crippen molar-refractivity contribution in [3.05, 3.63) is 88.2 Å². The molecule has 0 saturated carbocycles. The zero-order valence-corrected chi connectivity index (χ0v) is 19.9. The summed E-state index contributed by atoms with van der Waals surface area (Å²) < 4.78 is 28.4. The summed E-state index contributed by atoms with van der Waals surface area (Å²) in [6.07, 6.45) is 2.12. The number of amides is 1. The van der Waals surface area contributed by atoms with E-state index in [1.165, 1.54) is 5.01 Å². The highest BCUT2D eigenvalue weighted by atomic mass is 32.2. The maximum atomic E-state index is 13.4. The molecule has 5 rings (SSSR count). The van der Waals surface area contributed by atoms with Gasteiger partial charge in [-0.3, -0.25) is 4.79 Å². The third kappa shape index (κ3) is 4.00. The van der Waals surface area contributed by atoms with E-state index in [0.717, 1.165) is 27.2 Å². The molecule has 2 aromatic heterocycles. The number of aryl methyl sites for hydroxylation is 2. The molecule has 1 aliphatic heterocycles. The first-order valence-corrected chi connectivity index (χ1v) is 13.1. The average molecular weight is 478 g/mol. The SMILES string of the molecule is Cc1ccc(C2CC(c3cccs3)=NN2C(=O)CS(=O)(=O)c2cn(C)c3ccccc23)cc1. The molecule has 4 aromatic rings. The van der Waals surface area contributed by atoms with E-state index in [1.54, 1.807) is 41.3 Å². The molecule has 1 atom stereocenters. The minimum Gasteiger partial charge on any atom is -0.349 e. The monoisotopic (exact) mass is 477 g/mol. The molecule has 0 aliphatic carbocycles. The van der Waals surface area contributed by atoms with Gasteiger partial charge >= 0.3 is 0 Å². The summed E-state index contributed by atoms with van der Waals surface area (Å²) in [7, 11) is -2.06. The summed E-state index contributed by atoms with van der Waals surface area (Å²) >= 11 is 1.56. The molecule has 0 bridgehead atoms. The van der Waals surface area contributed by atoms with Crippen LogP contribution in [0.5, 0.6) is 0 Å². The highest BCUT2D eigenvalue weighted by Gasteiger charge is 2.36. The molecule has 1 amide bonds. The molecule has 0 radical (unpaired) electrons. The van der Waals surface area contributed by atoms with E-state index in [1.807, 2.05) is 60.8 Å². The summed E-state index contributed by atoms with van der Waals surface area (Å²) in [5.74, 6) is -1.16. The fourth-order valence-electron chi connectivity index (χ4n) is 4.24. The van der Waals surface area contributed by atoms with Crippen molar-refractivity contribution < 1.29 is 13.2 Å². The molecule has 0 N–H and O–H groups in total. The number of benzene rings is 2. The number of nitrogens with zero attached hydrogens (tertiary/aromatic N) is 3. The van der Waals surface area contributed by atoms with Crippen LogP contribution >= 0.6 is 11.3 Å². The number of sulfone groups is 1. The Morgan fingerprint density at radius 1 is 1.09 bits per heavy atom. The van der Waals surface area contributed by atoms with Crippen LogP contribution in [0.1, 0.15) is 28.5 Å². The van der Waals surface area contributed by atoms with Crippen LogP contribution in [-0.4, -0.2) is 35.4 Å². The van der Waals surface area contributed by atoms with Crippen molar-refractivity contribution in [3.63, 3.8) is 0 Å². The van der Waals surface area contributed by atoms with Crippen LogP contribution in [0.3, 0.4) is 0 Å². The summed E-state index contributed by atoms with van der Waals surface area (Å²) in [6.45, 7) is 2.01. The number of fused-ring (bicyclic) bond motifs is 1. The summed E-state index contributed by atoms with van der Waals surface area (Å²) in [5.41, 5.74) is 3.66. The molecule has 1 unspecified atom stereocenters. The molecular formula is C25H23N3O3S2. The Balaban J connectivity index is 1.49. The number of rotatable bonds is 5. The van der Waals surface area contributed by atoms with Crippen LogP contribution in [0.25, 0.3) is 10.9 Å². The summed E-state index contributed by atoms with van der Waals surface area (Å²) in [4.78, 5) is 14.5. The molecule has 1 aliphatic rings. The topological polar surface area (TPSA) is 71.7 Å². The Morgan fingerprint density at radius 3 is 2.58 bits per heavy atom. The minimum atomic E-state index is -3.87. The number of para-hydroxylation sites is 1. The third-order valence-corrected chi connectivity index (χ3v) is 8.48. The van der Waals surface area contributed by atoms with Crippen molar-refractivity contribution in [1.29, 1.82) is 0 Å². The van der Waals surface area contributed by atoms with E-state index < -0.39 is 21.5 Å². The van der Waals surface area contributed by atoms with Crippen LogP contribution in [0.4, 0.5) is 0 Å². The minimum absolute atomic E-state index is 0.169. The molecule has 2 aromatic carbocycles. The van der Waals surface area contributed by atoms with Gasteiger partial charge in [-0.25, -0.2) is 13.4 Å². The number of carbonyl (C=O) groups excluding carboxylic acids is 1. The Hall–Kier alpha value is -3.23. The first-order chi connectivity index (χ1) is 15.8. The molecule has 8 heteroatoms. The average Bonchev–Trinajstić information content (AvgIpc) is 3.53. The first-order valence-electron chi connectivity index (χ1n) is 10.6. The second kappa shape index (κ2) is 8.28. The number of aromatic nitrogens is 1. The standard InChI is InChI=1S/C25H23N3O3S2/c1-17-9-11-18(12-10-17)22-14-20(23-8-5-13-32-23)26-28(22)25(29)16-33(30,31)24-15-27(2)21-7-4-3-6-19(21)24/h3-13,15,22H,14,16H2,1-2H3. The Kier molecular flexibility index (Phi) is 5.42. The maximum Gasteiger partial charge on any atom is 0.258 e. The lowest BCUT2D eigenvalue weighted by molar-refractivity contribution is -0.130. The lowest BCUT2D eigenvalue weighted by Crippen LogP contribution is -2.32. The van der Waals surface area contributed by atoms with E-state index in [9.17, 15) is 13.2 Å². The van der Waals surface area contributed by atoms with E-state index >= 15 is 0 Å². The molecule has 0 spiro atoms. The van der Waals surface area contributed by atoms with E-state index in [4.69, 9.17) is 0 Å². The highest BCUT2D eigenvalue weighted by Crippen LogP contribution is 2.35. The van der Waals surface area contributed by atoms with Gasteiger partial charge < -0.3 is 4.57 Å². The van der Waals surface area contributed by atoms with Crippen LogP contribution in [0, 0.1) is 6.92 Å². The molecule has 0 saturated heterocycles. The van der Waals surface area contributed by atoms with Crippen LogP contribution in [0.15, 0.2) is 82.2 Å². The van der Waals surface area contributed by atoms with E-state index in [-0.39, 0.29) is 10.9 Å². The normalized spacial score (nSPS) is 16.4. The second-order valence-corrected chi connectivity index (χ2v) is 11.2. The van der Waals surface area contributed by atoms with Crippen molar-refractivity contribution >= 4 is 43.7 Å². The van der Waals surface area contributed by atoms with Gasteiger partial charge in [-0.05, 0) is 30.0 Å². The zero-order chi connectivity index (χ0) is 23.2. The van der Waals surface area contributed by atoms with Gasteiger partial charge in [0.15, 0.2) is 9.84 Å². The molecule has 0 fully saturated rings. The van der Waals surface area contributed by atoms with Crippen molar-refractivity contribution in [2.45, 2.75) is 24.3 Å². The molecule has 168 valence electrons. The van der Waals surface area contributed by atoms with Crippen LogP contribution in [0.2, 0.25) is 0 Å². The van der Waals surface area contributed by atoms with Gasteiger partial charge in [-0.2, -0.15) is 5.10 Å². The summed E-state index contributed by atoms with van der Waals surface area (Å²) in [6, 6.07) is 18.8. The molecular weight excluding hydrogens is 454 g/mol. The largest absolute Gasteiger partial charge is 0.349 e. The maximum absolute atomic E-state index is 13.4. The summed E-state index contributed by atoms with van der Waals surface area (Å²) in [5, 5.41) is 8.54. The van der Waals surface area contributed by atoms with Gasteiger partial charge in [-0.15, -0.1) is 11.3 Å². The van der Waals surface area contributed by atoms with Gasteiger partial charge in [0.05, 0.1) is 21.5 Å². The predicted octanol–water partition coefficient (Wildman–Crippen LogP) is 4.70. The van der Waals surface area contributed by atoms with Crippen molar-refractivity contribution in [2.75, 3.05) is 5.75 Å². The highest BCUT2D eigenvalue weighted by molar-refractivity contribution is 7.92. The lowest BCUT2D eigenvalue weighted by Gasteiger charge is -2.22. The van der Waals surface area contributed by atoms with Gasteiger partial charge in [0, 0.05) is 30.6 Å². The molecule has 6 nitrogen and oxygen atoms in total. The van der Waals surface area contributed by atoms with Gasteiger partial charge in [0.1, 0.15) is 5.75 Å². The van der Waals surface area contributed by atoms with Crippen molar-refractivity contribution in [3.8, 4) is 0 Å². The molecule has 3 heterocycles. The van der Waals surface area contributed by atoms with Gasteiger partial charge in [0.2, 0.25) is 0 Å². The molecule has 33 heavy (non-hydrogen) atoms. The van der Waals surface area contributed by atoms with E-state index in [0.29, 0.717) is 11.8 Å². The second-order valence-electron chi connectivity index (χ2n) is 8.27. The van der Waals surface area contributed by atoms with Gasteiger partial charge in [-0.1, -0.05) is 54.1 Å². The van der Waals surface area contributed by atoms with Crippen LogP contribution in [-0.2, 0) is 21.7 Å². The number of thiophene rings is 1. The predicted molar refractivity (Wildman–Crippen MR) is 131 cm³/mol. The van der Waals surface area contributed by atoms with Crippen LogP contribution < -0.4 is 0 Å². The van der Waals surface area contributed by atoms with E-state index in [2.05, 4.69) is 5.10 Å². The fourth-order valence-corrected chi connectivity index (χ4v) is 6.40. The first kappa shape index (κ1) is 21.6. The lowest BCUT2D eigenvalue weighted by atomic mass is 10.00. The van der Waals surface area contributed by atoms with Gasteiger partial charge in [0.25, 0.3) is 5.91 Å². The number of hydrogen-bond donors (Lipinski definition) is 0. The Labute approximate surface area is 196 Å². The number of hydrazone groups is 1. The zero-order valence-electron chi connectivity index (χ0n) is 18.3. The number of hydrogen-bond acceptors (Lipinski definition) is 5. The fraction of sp³-hybridized carbons (Fsp3) is 0.200. The van der Waals surface area contributed by atoms with Crippen molar-refractivity contribution in [1.82, 2.24) is 9.58 Å². The third-order valence-electron chi connectivity index (χ3n) is 5.94. The van der Waals surface area contributed by atoms with Crippen molar-refractivity contribution in [2.24, 2.45) is 12.1 Å².